The van der Waals surface area contributed by atoms with Crippen molar-refractivity contribution in [3.63, 3.8) is 0 Å². The Balaban J connectivity index is 1.59. The van der Waals surface area contributed by atoms with Gasteiger partial charge in [-0.2, -0.15) is 10.1 Å². The fourth-order valence-electron chi connectivity index (χ4n) is 3.75. The SMILES string of the molecule is O=C1C2C3C=CC(C3)C2C(=O)N1N=Cc1ccc(O)c(O)c1. The molecule has 1 aromatic carbocycles. The third-order valence-corrected chi connectivity index (χ3v) is 4.77. The molecule has 1 aliphatic heterocycles. The highest BCUT2D eigenvalue weighted by Gasteiger charge is 2.59. The first kappa shape index (κ1) is 13.1. The second-order valence-corrected chi connectivity index (χ2v) is 5.98. The van der Waals surface area contributed by atoms with Crippen molar-refractivity contribution < 1.29 is 19.8 Å². The molecule has 1 aromatic rings. The van der Waals surface area contributed by atoms with Crippen LogP contribution in [0.25, 0.3) is 0 Å². The normalized spacial score (nSPS) is 32.5. The molecule has 2 amide bonds. The Bertz CT molecular complexity index is 710. The summed E-state index contributed by atoms with van der Waals surface area (Å²) in [6.07, 6.45) is 6.28. The molecule has 6 nitrogen and oxygen atoms in total. The maximum absolute atomic E-state index is 12.4. The highest BCUT2D eigenvalue weighted by molar-refractivity contribution is 6.06. The van der Waals surface area contributed by atoms with Gasteiger partial charge >= 0.3 is 0 Å². The first-order chi connectivity index (χ1) is 10.6. The zero-order chi connectivity index (χ0) is 15.4. The van der Waals surface area contributed by atoms with Gasteiger partial charge in [0.2, 0.25) is 0 Å². The maximum Gasteiger partial charge on any atom is 0.254 e. The Hall–Kier alpha value is -2.63. The number of benzene rings is 1. The van der Waals surface area contributed by atoms with Crippen LogP contribution in [0.4, 0.5) is 0 Å². The predicted octanol–water partition coefficient (Wildman–Crippen LogP) is 1.24. The average Bonchev–Trinajstić information content (AvgIpc) is 3.16. The molecular weight excluding hydrogens is 284 g/mol. The van der Waals surface area contributed by atoms with Crippen LogP contribution < -0.4 is 0 Å². The summed E-state index contributed by atoms with van der Waals surface area (Å²) in [6.45, 7) is 0. The van der Waals surface area contributed by atoms with Gasteiger partial charge in [-0.1, -0.05) is 12.2 Å². The third-order valence-electron chi connectivity index (χ3n) is 4.77. The van der Waals surface area contributed by atoms with Gasteiger partial charge in [0, 0.05) is 0 Å². The summed E-state index contributed by atoms with van der Waals surface area (Å²) in [5.74, 6) is -1.23. The van der Waals surface area contributed by atoms with Gasteiger partial charge in [-0.15, -0.1) is 0 Å². The lowest BCUT2D eigenvalue weighted by molar-refractivity contribution is -0.140. The van der Waals surface area contributed by atoms with Crippen molar-refractivity contribution in [3.05, 3.63) is 35.9 Å². The van der Waals surface area contributed by atoms with Crippen molar-refractivity contribution in [3.8, 4) is 11.5 Å². The van der Waals surface area contributed by atoms with Crippen molar-refractivity contribution in [2.45, 2.75) is 6.42 Å². The predicted molar refractivity (Wildman–Crippen MR) is 76.9 cm³/mol. The topological polar surface area (TPSA) is 90.2 Å². The Morgan fingerprint density at radius 2 is 1.68 bits per heavy atom. The number of amides is 2. The molecule has 112 valence electrons. The first-order valence-corrected chi connectivity index (χ1v) is 7.18. The largest absolute Gasteiger partial charge is 0.504 e. The molecule has 22 heavy (non-hydrogen) atoms. The molecule has 1 heterocycles. The van der Waals surface area contributed by atoms with E-state index in [1.165, 1.54) is 24.4 Å². The summed E-state index contributed by atoms with van der Waals surface area (Å²) >= 11 is 0. The number of phenols is 2. The van der Waals surface area contributed by atoms with E-state index in [1.54, 1.807) is 0 Å². The van der Waals surface area contributed by atoms with E-state index in [1.807, 2.05) is 12.2 Å². The molecule has 2 aliphatic carbocycles. The lowest BCUT2D eigenvalue weighted by Gasteiger charge is -2.13. The van der Waals surface area contributed by atoms with Gasteiger partial charge in [-0.25, -0.2) is 0 Å². The summed E-state index contributed by atoms with van der Waals surface area (Å²) < 4.78 is 0. The Labute approximate surface area is 126 Å². The van der Waals surface area contributed by atoms with E-state index >= 15 is 0 Å². The summed E-state index contributed by atoms with van der Waals surface area (Å²) in [5, 5.41) is 23.6. The van der Waals surface area contributed by atoms with Crippen molar-refractivity contribution in [1.29, 1.82) is 0 Å². The highest BCUT2D eigenvalue weighted by Crippen LogP contribution is 2.52. The van der Waals surface area contributed by atoms with Gasteiger partial charge < -0.3 is 10.2 Å². The Morgan fingerprint density at radius 1 is 1.05 bits per heavy atom. The zero-order valence-corrected chi connectivity index (χ0v) is 11.6. The summed E-state index contributed by atoms with van der Waals surface area (Å²) in [5.41, 5.74) is 0.494. The van der Waals surface area contributed by atoms with Gasteiger partial charge in [0.1, 0.15) is 0 Å². The number of fused-ring (bicyclic) bond motifs is 5. The molecule has 0 aromatic heterocycles. The molecule has 1 saturated carbocycles. The van der Waals surface area contributed by atoms with Gasteiger partial charge in [-0.3, -0.25) is 9.59 Å². The Kier molecular flexibility index (Phi) is 2.63. The number of rotatable bonds is 2. The van der Waals surface area contributed by atoms with E-state index in [9.17, 15) is 19.8 Å². The number of hydrogen-bond donors (Lipinski definition) is 2. The van der Waals surface area contributed by atoms with Crippen LogP contribution in [-0.4, -0.2) is 33.3 Å². The molecule has 3 aliphatic rings. The monoisotopic (exact) mass is 298 g/mol. The second kappa shape index (κ2) is 4.43. The molecule has 2 bridgehead atoms. The molecule has 4 unspecified atom stereocenters. The van der Waals surface area contributed by atoms with E-state index in [4.69, 9.17) is 0 Å². The van der Waals surface area contributed by atoms with E-state index in [0.29, 0.717) is 5.56 Å². The Morgan fingerprint density at radius 3 is 2.27 bits per heavy atom. The smallest absolute Gasteiger partial charge is 0.254 e. The van der Waals surface area contributed by atoms with Crippen molar-refractivity contribution >= 4 is 18.0 Å². The average molecular weight is 298 g/mol. The van der Waals surface area contributed by atoms with E-state index in [2.05, 4.69) is 5.10 Å². The minimum Gasteiger partial charge on any atom is -0.504 e. The minimum absolute atomic E-state index is 0.157. The van der Waals surface area contributed by atoms with E-state index < -0.39 is 0 Å². The number of allylic oxidation sites excluding steroid dienone is 2. The van der Waals surface area contributed by atoms with E-state index in [-0.39, 0.29) is 47.0 Å². The highest BCUT2D eigenvalue weighted by atomic mass is 16.3. The van der Waals surface area contributed by atoms with Crippen LogP contribution in [-0.2, 0) is 9.59 Å². The van der Waals surface area contributed by atoms with Crippen LogP contribution >= 0.6 is 0 Å². The number of carbonyl (C=O) groups is 2. The molecular formula is C16H14N2O4. The van der Waals surface area contributed by atoms with Gasteiger partial charge in [0.15, 0.2) is 11.5 Å². The number of phenolic OH excluding ortho intramolecular Hbond substituents is 2. The number of aromatic hydroxyl groups is 2. The maximum atomic E-state index is 12.4. The zero-order valence-electron chi connectivity index (χ0n) is 11.6. The quantitative estimate of drug-likeness (QED) is 0.372. The van der Waals surface area contributed by atoms with Crippen molar-refractivity contribution in [2.24, 2.45) is 28.8 Å². The van der Waals surface area contributed by atoms with Crippen LogP contribution in [0.2, 0.25) is 0 Å². The van der Waals surface area contributed by atoms with Crippen LogP contribution in [0, 0.1) is 23.7 Å². The number of hydrogen-bond acceptors (Lipinski definition) is 5. The molecule has 2 fully saturated rings. The lowest BCUT2D eigenvalue weighted by atomic mass is 9.85. The number of imide groups is 1. The fraction of sp³-hybridized carbons (Fsp3) is 0.312. The second-order valence-electron chi connectivity index (χ2n) is 5.98. The van der Waals surface area contributed by atoms with Crippen molar-refractivity contribution in [1.82, 2.24) is 5.01 Å². The molecule has 6 heteroatoms. The standard InChI is InChI=1S/C16H14N2O4/c19-11-4-1-8(5-12(11)20)7-17-18-15(21)13-9-2-3-10(6-9)14(13)16(18)22/h1-5,7,9-10,13-14,19-20H,6H2. The summed E-state index contributed by atoms with van der Waals surface area (Å²) in [4.78, 5) is 24.8. The molecule has 4 atom stereocenters. The molecule has 2 N–H and O–H groups in total. The van der Waals surface area contributed by atoms with Gasteiger partial charge in [-0.05, 0) is 42.0 Å². The first-order valence-electron chi connectivity index (χ1n) is 7.18. The van der Waals surface area contributed by atoms with E-state index in [0.717, 1.165) is 11.4 Å². The van der Waals surface area contributed by atoms with Crippen LogP contribution in [0.15, 0.2) is 35.5 Å². The van der Waals surface area contributed by atoms with Crippen LogP contribution in [0.3, 0.4) is 0 Å². The van der Waals surface area contributed by atoms with Crippen molar-refractivity contribution in [2.75, 3.05) is 0 Å². The molecule has 0 radical (unpaired) electrons. The van der Waals surface area contributed by atoms with Gasteiger partial charge in [0.25, 0.3) is 11.8 Å². The summed E-state index contributed by atoms with van der Waals surface area (Å²) in [7, 11) is 0. The van der Waals surface area contributed by atoms with Crippen LogP contribution in [0.1, 0.15) is 12.0 Å². The number of hydrazone groups is 1. The molecule has 1 saturated heterocycles. The fourth-order valence-corrected chi connectivity index (χ4v) is 3.75. The molecule has 0 spiro atoms. The number of carbonyl (C=O) groups excluding carboxylic acids is 2. The number of nitrogens with zero attached hydrogens (tertiary/aromatic N) is 2. The van der Waals surface area contributed by atoms with Gasteiger partial charge in [0.05, 0.1) is 18.1 Å². The minimum atomic E-state index is -0.276. The molecule has 4 rings (SSSR count). The summed E-state index contributed by atoms with van der Waals surface area (Å²) in [6, 6.07) is 4.18. The lowest BCUT2D eigenvalue weighted by Crippen LogP contribution is -2.28. The third kappa shape index (κ3) is 1.70. The van der Waals surface area contributed by atoms with Crippen LogP contribution in [0.5, 0.6) is 11.5 Å².